The fourth-order valence-corrected chi connectivity index (χ4v) is 21.5. The lowest BCUT2D eigenvalue weighted by Crippen LogP contribution is -2.39. The smallest absolute Gasteiger partial charge is 0.327 e. The van der Waals surface area contributed by atoms with Crippen LogP contribution in [0.5, 0.6) is 17.4 Å². The number of carbonyl (C=O) groups excluding carboxylic acids is 1. The van der Waals surface area contributed by atoms with Crippen LogP contribution in [-0.4, -0.2) is 191 Å². The van der Waals surface area contributed by atoms with Gasteiger partial charge in [0.05, 0.1) is 90.3 Å². The predicted molar refractivity (Wildman–Crippen MR) is 556 cm³/mol. The highest BCUT2D eigenvalue weighted by molar-refractivity contribution is 9.09. The molecule has 0 amide bonds. The van der Waals surface area contributed by atoms with Gasteiger partial charge in [0.25, 0.3) is 0 Å². The van der Waals surface area contributed by atoms with Crippen LogP contribution in [0.3, 0.4) is 0 Å². The first kappa shape index (κ1) is 109. The summed E-state index contributed by atoms with van der Waals surface area (Å²) in [5, 5.41) is 37.8. The molecular weight excluding hydrogens is 2020 g/mol. The van der Waals surface area contributed by atoms with E-state index in [2.05, 4.69) is 147 Å². The van der Waals surface area contributed by atoms with Crippen molar-refractivity contribution in [2.24, 2.45) is 29.6 Å². The van der Waals surface area contributed by atoms with Crippen molar-refractivity contribution in [2.75, 3.05) is 43.8 Å². The summed E-state index contributed by atoms with van der Waals surface area (Å²) < 4.78 is 56.8. The van der Waals surface area contributed by atoms with Gasteiger partial charge < -0.3 is 74.3 Å². The van der Waals surface area contributed by atoms with Crippen LogP contribution >= 0.6 is 109 Å². The topological polar surface area (TPSA) is 342 Å². The highest BCUT2D eigenvalue weighted by Gasteiger charge is 2.57. The molecule has 6 fully saturated rings. The van der Waals surface area contributed by atoms with Crippen molar-refractivity contribution >= 4 is 166 Å². The number of rotatable bonds is 23. The van der Waals surface area contributed by atoms with Gasteiger partial charge in [0.1, 0.15) is 66.7 Å². The molecule has 37 heteroatoms. The monoisotopic (exact) mass is 2140 g/mol. The van der Waals surface area contributed by atoms with E-state index in [9.17, 15) is 20.1 Å². The molecule has 140 heavy (non-hydrogen) atoms. The number of aliphatic hydroxyl groups is 3. The molecule has 6 aromatic carbocycles. The van der Waals surface area contributed by atoms with E-state index in [4.69, 9.17) is 156 Å². The molecule has 6 saturated heterocycles. The van der Waals surface area contributed by atoms with E-state index in [0.717, 1.165) is 77.0 Å². The molecule has 0 radical (unpaired) electrons. The van der Waals surface area contributed by atoms with Crippen molar-refractivity contribution in [2.45, 2.75) is 263 Å². The molecular formula is C103H126BrCl8N15O13. The molecule has 6 aliphatic heterocycles. The van der Waals surface area contributed by atoms with E-state index < -0.39 is 73.0 Å². The van der Waals surface area contributed by atoms with Gasteiger partial charge in [-0.25, -0.2) is 15.0 Å². The number of hydrogen-bond acceptors (Lipinski definition) is 25. The van der Waals surface area contributed by atoms with Gasteiger partial charge in [-0.05, 0) is 138 Å². The molecule has 28 nitrogen and oxygen atoms in total. The van der Waals surface area contributed by atoms with Crippen LogP contribution in [0.15, 0.2) is 189 Å². The molecule has 6 aromatic heterocycles. The Labute approximate surface area is 866 Å². The van der Waals surface area contributed by atoms with Crippen molar-refractivity contribution in [1.29, 1.82) is 0 Å². The quantitative estimate of drug-likeness (QED) is 0.0150. The number of aliphatic hydroxyl groups excluding tert-OH is 3. The molecule has 0 saturated carbocycles. The summed E-state index contributed by atoms with van der Waals surface area (Å²) >= 11 is 55.3. The van der Waals surface area contributed by atoms with Crippen LogP contribution in [0.4, 0.5) is 17.8 Å². The van der Waals surface area contributed by atoms with Gasteiger partial charge in [0.2, 0.25) is 23.7 Å². The number of halogens is 9. The minimum absolute atomic E-state index is 0.00313. The number of methoxy groups -OCH3 is 2. The number of esters is 1. The van der Waals surface area contributed by atoms with Gasteiger partial charge in [-0.3, -0.25) is 18.5 Å². The number of aromatic nitrogens is 12. The van der Waals surface area contributed by atoms with E-state index in [1.807, 2.05) is 188 Å². The van der Waals surface area contributed by atoms with Crippen LogP contribution in [-0.2, 0) is 44.3 Å². The molecule has 0 bridgehead atoms. The number of nitrogens with one attached hydrogen (secondary N) is 2. The Morgan fingerprint density at radius 3 is 1.09 bits per heavy atom. The number of cyclic esters (lactones) is 1. The maximum Gasteiger partial charge on any atom is 0.327 e. The Balaban J connectivity index is 0.000000156. The average molecular weight is 2150 g/mol. The van der Waals surface area contributed by atoms with Crippen molar-refractivity contribution in [3.63, 3.8) is 0 Å². The van der Waals surface area contributed by atoms with E-state index in [0.29, 0.717) is 58.1 Å². The SMILES string of the molecule is CCOc1nc(NC(c2ccccc2)(c2ccccc2)c2ccc(OC)cc2)nc2c1ncn2[C@@H]1O[C@H](CO)[C@@H](O)[C@@]1(C)Cl.CC[C@H]1OC(=O)[C@](C)(Cl)[C@@H]1C.CC[C@H]1OC(O)[C@](C)(Cl)[C@@H]1C.CC[C@H]1O[C@@H](n2cnc3c(Cl)nc(N)nc32)[C@](C)(Cl)[C@@H]1C.CC[C@H]1O[C@@H](n2cnc3c(Cl)nc(NC(c4ccccc4)(c4ccccc4)c4ccc(OC)cc4)nc32)[C@](C)(Cl)[C@@H]1C.CC[C@H]1O[C@H](Br)[C@](C)(Cl)[C@@H]1C. The molecule has 1 unspecified atom stereocenters. The van der Waals surface area contributed by atoms with Gasteiger partial charge >= 0.3 is 5.97 Å². The molecule has 0 spiro atoms. The van der Waals surface area contributed by atoms with Gasteiger partial charge in [-0.15, -0.1) is 69.6 Å². The predicted octanol–water partition coefficient (Wildman–Crippen LogP) is 22.6. The number of fused-ring (bicyclic) bond motifs is 3. The highest BCUT2D eigenvalue weighted by atomic mass is 79.9. The first-order valence-corrected chi connectivity index (χ1v) is 51.1. The molecule has 12 aromatic rings. The van der Waals surface area contributed by atoms with Crippen molar-refractivity contribution < 1.29 is 62.7 Å². The zero-order chi connectivity index (χ0) is 102. The third-order valence-corrected chi connectivity index (χ3v) is 33.5. The first-order chi connectivity index (χ1) is 66.5. The largest absolute Gasteiger partial charge is 0.497 e. The number of nitrogens with two attached hydrogens (primary N) is 1. The fraction of sp³-hybridized carbons (Fsp3) is 0.495. The maximum atomic E-state index is 11.1. The van der Waals surface area contributed by atoms with Crippen molar-refractivity contribution in [3.8, 4) is 17.4 Å². The van der Waals surface area contributed by atoms with Crippen LogP contribution in [0.2, 0.25) is 10.3 Å². The molecule has 7 N–H and O–H groups in total. The van der Waals surface area contributed by atoms with E-state index >= 15 is 0 Å². The second-order valence-electron chi connectivity index (χ2n) is 37.1. The summed E-state index contributed by atoms with van der Waals surface area (Å²) in [5.74, 6) is 3.25. The number of nitrogen functional groups attached to an aromatic ring is 1. The third kappa shape index (κ3) is 21.6. The summed E-state index contributed by atoms with van der Waals surface area (Å²) in [6.45, 7) is 33.7. The number of imidazole rings is 3. The molecule has 12 heterocycles. The standard InChI is InChI=1S/C33H33Cl2N5O2.C33H34ClN5O5.C13H17Cl2N5O.C8H14BrClO.C8H15ClO2.C8H13ClO2/c1-5-26-21(2)32(3,35)30(42-26)40-20-36-27-28(34)37-31(38-29(27)40)39-33(22-12-8-6-9-13-22,23-14-10-7-11-15-23)24-16-18-25(41-4)19-17-24;1-4-43-29-26-28(39(20-35-26)30-32(2,34)27(41)25(19-40)44-30)36-31(37-29)38-33(21-11-7-5-8-12-21,22-13-9-6-10-14-22)23-15-17-24(42-3)18-16-23;1-4-7-6(2)13(3,15)11(21-7)20-5-17-8-9(14)18-12(16)19-10(8)20;1-4-6-5(2)8(3,10)7(9)11-6;2*1-4-6-5(2)8(3,9)7(10)11-6/h6-21,26,30H,5H2,1-4H3,(H,37,38,39);5-18,20,25,27,30,40-41H,4,19H2,1-3H3,(H,36,37,38);5-7,11H,4H2,1-3H3,(H2,16,18,19);5-7H,4H2,1-3H3;5-7,10H,4H2,1-3H3;5-6H,4H2,1-3H3/t21-,26-,30-,32-;25-,27-,30-,32-;6-,7-,11-,13-;5-,6-,7+,8-;5-,6-,7?,8-;5-,6-,8-/m111111/s1. The summed E-state index contributed by atoms with van der Waals surface area (Å²) in [6.07, 6.45) is 5.35. The number of anilines is 3. The fourth-order valence-electron chi connectivity index (χ4n) is 18.9. The average Bonchev–Trinajstić information content (AvgIpc) is 1.74. The zero-order valence-corrected chi connectivity index (χ0v) is 89.6. The Morgan fingerprint density at radius 2 is 0.771 bits per heavy atom. The maximum absolute atomic E-state index is 11.1. The molecule has 754 valence electrons. The number of ether oxygens (including phenoxy) is 9. The third-order valence-electron chi connectivity index (χ3n) is 28.5. The first-order valence-electron chi connectivity index (χ1n) is 47.2. The number of carbonyl (C=O) groups is 1. The molecule has 0 aliphatic carbocycles. The van der Waals surface area contributed by atoms with Gasteiger partial charge in [0.15, 0.2) is 57.7 Å². The molecule has 23 atom stereocenters. The highest BCUT2D eigenvalue weighted by Crippen LogP contribution is 2.54. The van der Waals surface area contributed by atoms with Gasteiger partial charge in [0, 0.05) is 29.6 Å². The van der Waals surface area contributed by atoms with Crippen LogP contribution in [0.25, 0.3) is 33.5 Å². The summed E-state index contributed by atoms with van der Waals surface area (Å²) in [6, 6.07) is 56.4. The number of benzene rings is 6. The van der Waals surface area contributed by atoms with Gasteiger partial charge in [-0.2, -0.15) is 29.9 Å². The zero-order valence-electron chi connectivity index (χ0n) is 81.9. The second kappa shape index (κ2) is 45.2. The van der Waals surface area contributed by atoms with Crippen molar-refractivity contribution in [3.05, 3.63) is 233 Å². The van der Waals surface area contributed by atoms with Gasteiger partial charge in [-0.1, -0.05) is 254 Å². The Kier molecular flexibility index (Phi) is 35.1. The van der Waals surface area contributed by atoms with E-state index in [1.165, 1.54) is 6.33 Å². The number of alkyl halides is 7. The summed E-state index contributed by atoms with van der Waals surface area (Å²) in [7, 11) is 3.30. The lowest BCUT2D eigenvalue weighted by molar-refractivity contribution is -0.143. The van der Waals surface area contributed by atoms with Crippen molar-refractivity contribution in [1.82, 2.24) is 58.6 Å². The van der Waals surface area contributed by atoms with Crippen LogP contribution in [0, 0.1) is 29.6 Å². The van der Waals surface area contributed by atoms with E-state index in [-0.39, 0.29) is 98.3 Å². The minimum atomic E-state index is -1.27. The Bertz CT molecular complexity index is 6010. The lowest BCUT2D eigenvalue weighted by atomic mass is 9.77. The number of hydrogen-bond donors (Lipinski definition) is 6. The normalized spacial score (nSPS) is 30.1. The van der Waals surface area contributed by atoms with Crippen LogP contribution in [0.1, 0.15) is 202 Å². The van der Waals surface area contributed by atoms with E-state index in [1.54, 1.807) is 49.9 Å². The Morgan fingerprint density at radius 1 is 0.429 bits per heavy atom. The van der Waals surface area contributed by atoms with Crippen LogP contribution < -0.4 is 30.6 Å². The summed E-state index contributed by atoms with van der Waals surface area (Å²) in [5.41, 5.74) is 12.5. The minimum Gasteiger partial charge on any atom is -0.497 e. The summed E-state index contributed by atoms with van der Waals surface area (Å²) in [4.78, 5) is 47.9. The lowest BCUT2D eigenvalue weighted by Gasteiger charge is -2.37. The number of nitrogens with zero attached hydrogens (tertiary/aromatic N) is 12. The second-order valence-corrected chi connectivity index (χ2v) is 43.5. The molecule has 6 aliphatic rings. The molecule has 18 rings (SSSR count). The Hall–Kier alpha value is -8.28.